The Kier molecular flexibility index (Phi) is 6.19. The first-order chi connectivity index (χ1) is 11.6. The van der Waals surface area contributed by atoms with Crippen LogP contribution in [0.5, 0.6) is 5.75 Å². The zero-order valence-electron chi connectivity index (χ0n) is 13.7. The van der Waals surface area contributed by atoms with Crippen molar-refractivity contribution in [1.29, 1.82) is 0 Å². The van der Waals surface area contributed by atoms with Crippen molar-refractivity contribution in [2.75, 3.05) is 23.8 Å². The van der Waals surface area contributed by atoms with Crippen molar-refractivity contribution < 1.29 is 19.1 Å². The number of benzene rings is 2. The molecule has 6 heteroatoms. The van der Waals surface area contributed by atoms with Gasteiger partial charge >= 0.3 is 12.0 Å². The highest BCUT2D eigenvalue weighted by atomic mass is 16.5. The van der Waals surface area contributed by atoms with Crippen molar-refractivity contribution in [2.24, 2.45) is 0 Å². The quantitative estimate of drug-likeness (QED) is 0.788. The average molecular weight is 328 g/mol. The molecule has 0 spiro atoms. The Hall–Kier alpha value is -3.02. The van der Waals surface area contributed by atoms with E-state index in [1.807, 2.05) is 19.1 Å². The van der Waals surface area contributed by atoms with Gasteiger partial charge in [-0.3, -0.25) is 0 Å². The van der Waals surface area contributed by atoms with Crippen LogP contribution in [0.25, 0.3) is 0 Å². The second-order valence-corrected chi connectivity index (χ2v) is 4.81. The van der Waals surface area contributed by atoms with Gasteiger partial charge < -0.3 is 20.1 Å². The zero-order valence-corrected chi connectivity index (χ0v) is 13.7. The van der Waals surface area contributed by atoms with E-state index < -0.39 is 6.03 Å². The molecule has 0 radical (unpaired) electrons. The summed E-state index contributed by atoms with van der Waals surface area (Å²) >= 11 is 0. The highest BCUT2D eigenvalue weighted by molar-refractivity contribution is 6.01. The first kappa shape index (κ1) is 17.3. The van der Waals surface area contributed by atoms with Crippen LogP contribution in [0, 0.1) is 0 Å². The van der Waals surface area contributed by atoms with Gasteiger partial charge in [-0.1, -0.05) is 12.1 Å². The Morgan fingerprint density at radius 2 is 1.62 bits per heavy atom. The summed E-state index contributed by atoms with van der Waals surface area (Å²) in [6.07, 6.45) is 0. The number of para-hydroxylation sites is 2. The summed E-state index contributed by atoms with van der Waals surface area (Å²) < 4.78 is 10.4. The number of rotatable bonds is 6. The van der Waals surface area contributed by atoms with E-state index in [9.17, 15) is 9.59 Å². The first-order valence-electron chi connectivity index (χ1n) is 7.71. The summed E-state index contributed by atoms with van der Waals surface area (Å²) in [5, 5.41) is 5.43. The van der Waals surface area contributed by atoms with E-state index in [2.05, 4.69) is 10.6 Å². The molecule has 0 saturated carbocycles. The van der Waals surface area contributed by atoms with Gasteiger partial charge in [-0.15, -0.1) is 0 Å². The maximum absolute atomic E-state index is 12.1. The number of esters is 1. The Labute approximate surface area is 140 Å². The van der Waals surface area contributed by atoms with Gasteiger partial charge in [-0.2, -0.15) is 0 Å². The SMILES string of the molecule is CCOC(=O)c1ccc(NC(=O)Nc2ccccc2OCC)cc1. The van der Waals surface area contributed by atoms with Crippen molar-refractivity contribution in [3.8, 4) is 5.75 Å². The molecule has 0 aromatic heterocycles. The summed E-state index contributed by atoms with van der Waals surface area (Å²) in [5.41, 5.74) is 1.58. The van der Waals surface area contributed by atoms with E-state index in [1.165, 1.54) is 0 Å². The van der Waals surface area contributed by atoms with Gasteiger partial charge in [0.05, 0.1) is 24.5 Å². The summed E-state index contributed by atoms with van der Waals surface area (Å²) in [6.45, 7) is 4.45. The summed E-state index contributed by atoms with van der Waals surface area (Å²) in [7, 11) is 0. The number of ether oxygens (including phenoxy) is 2. The number of nitrogens with one attached hydrogen (secondary N) is 2. The number of carbonyl (C=O) groups is 2. The van der Waals surface area contributed by atoms with Crippen LogP contribution >= 0.6 is 0 Å². The number of carbonyl (C=O) groups excluding carboxylic acids is 2. The molecule has 0 saturated heterocycles. The molecular weight excluding hydrogens is 308 g/mol. The highest BCUT2D eigenvalue weighted by Gasteiger charge is 2.09. The predicted octanol–water partition coefficient (Wildman–Crippen LogP) is 3.91. The van der Waals surface area contributed by atoms with Crippen molar-refractivity contribution >= 4 is 23.4 Å². The standard InChI is InChI=1S/C18H20N2O4/c1-3-23-16-8-6-5-7-15(16)20-18(22)19-14-11-9-13(10-12-14)17(21)24-4-2/h5-12H,3-4H2,1-2H3,(H2,19,20,22). The second-order valence-electron chi connectivity index (χ2n) is 4.81. The highest BCUT2D eigenvalue weighted by Crippen LogP contribution is 2.23. The lowest BCUT2D eigenvalue weighted by Crippen LogP contribution is -2.20. The van der Waals surface area contributed by atoms with E-state index in [1.54, 1.807) is 43.3 Å². The predicted molar refractivity (Wildman–Crippen MR) is 92.7 cm³/mol. The number of hydrogen-bond donors (Lipinski definition) is 2. The van der Waals surface area contributed by atoms with Gasteiger partial charge in [-0.25, -0.2) is 9.59 Å². The molecule has 2 N–H and O–H groups in total. The molecule has 126 valence electrons. The van der Waals surface area contributed by atoms with Gasteiger partial charge in [-0.05, 0) is 50.2 Å². The third-order valence-corrected chi connectivity index (χ3v) is 3.09. The van der Waals surface area contributed by atoms with Gasteiger partial charge in [0.15, 0.2) is 0 Å². The molecule has 0 bridgehead atoms. The van der Waals surface area contributed by atoms with E-state index in [0.717, 1.165) is 0 Å². The fraction of sp³-hybridized carbons (Fsp3) is 0.222. The van der Waals surface area contributed by atoms with Crippen molar-refractivity contribution in [1.82, 2.24) is 0 Å². The van der Waals surface area contributed by atoms with Crippen LogP contribution in [-0.2, 0) is 4.74 Å². The molecule has 0 aliphatic rings. The van der Waals surface area contributed by atoms with Crippen molar-refractivity contribution in [3.05, 3.63) is 54.1 Å². The van der Waals surface area contributed by atoms with Crippen molar-refractivity contribution in [3.63, 3.8) is 0 Å². The van der Waals surface area contributed by atoms with E-state index in [4.69, 9.17) is 9.47 Å². The summed E-state index contributed by atoms with van der Waals surface area (Å²) in [6, 6.07) is 13.3. The molecule has 2 aromatic carbocycles. The fourth-order valence-corrected chi connectivity index (χ4v) is 2.04. The van der Waals surface area contributed by atoms with Crippen molar-refractivity contribution in [2.45, 2.75) is 13.8 Å². The second kappa shape index (κ2) is 8.57. The molecule has 2 amide bonds. The largest absolute Gasteiger partial charge is 0.492 e. The van der Waals surface area contributed by atoms with Crippen LogP contribution in [0.2, 0.25) is 0 Å². The fourth-order valence-electron chi connectivity index (χ4n) is 2.04. The molecule has 2 rings (SSSR count). The Morgan fingerprint density at radius 1 is 0.917 bits per heavy atom. The summed E-state index contributed by atoms with van der Waals surface area (Å²) in [4.78, 5) is 23.7. The molecule has 0 unspecified atom stereocenters. The Balaban J connectivity index is 1.99. The maximum Gasteiger partial charge on any atom is 0.338 e. The van der Waals surface area contributed by atoms with Crippen LogP contribution in [0.1, 0.15) is 24.2 Å². The minimum absolute atomic E-state index is 0.320. The molecule has 0 heterocycles. The average Bonchev–Trinajstić information content (AvgIpc) is 2.58. The molecule has 24 heavy (non-hydrogen) atoms. The lowest BCUT2D eigenvalue weighted by molar-refractivity contribution is 0.0526. The van der Waals surface area contributed by atoms with Gasteiger partial charge in [0, 0.05) is 5.69 Å². The van der Waals surface area contributed by atoms with Crippen LogP contribution in [0.15, 0.2) is 48.5 Å². The van der Waals surface area contributed by atoms with Gasteiger partial charge in [0.25, 0.3) is 0 Å². The topological polar surface area (TPSA) is 76.7 Å². The smallest absolute Gasteiger partial charge is 0.338 e. The Morgan fingerprint density at radius 3 is 2.29 bits per heavy atom. The van der Waals surface area contributed by atoms with E-state index in [-0.39, 0.29) is 5.97 Å². The third-order valence-electron chi connectivity index (χ3n) is 3.09. The van der Waals surface area contributed by atoms with Gasteiger partial charge in [0.2, 0.25) is 0 Å². The summed E-state index contributed by atoms with van der Waals surface area (Å²) in [5.74, 6) is 0.215. The lowest BCUT2D eigenvalue weighted by atomic mass is 10.2. The zero-order chi connectivity index (χ0) is 17.4. The van der Waals surface area contributed by atoms with Crippen LogP contribution in [-0.4, -0.2) is 25.2 Å². The number of anilines is 2. The van der Waals surface area contributed by atoms with E-state index in [0.29, 0.717) is 35.9 Å². The normalized spacial score (nSPS) is 9.92. The van der Waals surface area contributed by atoms with Crippen LogP contribution < -0.4 is 15.4 Å². The molecule has 0 aliphatic heterocycles. The molecular formula is C18H20N2O4. The number of amides is 2. The first-order valence-corrected chi connectivity index (χ1v) is 7.71. The molecule has 2 aromatic rings. The molecule has 0 atom stereocenters. The van der Waals surface area contributed by atoms with Gasteiger partial charge in [0.1, 0.15) is 5.75 Å². The molecule has 6 nitrogen and oxygen atoms in total. The lowest BCUT2D eigenvalue weighted by Gasteiger charge is -2.12. The molecule has 0 fully saturated rings. The monoisotopic (exact) mass is 328 g/mol. The van der Waals surface area contributed by atoms with Crippen LogP contribution in [0.4, 0.5) is 16.2 Å². The number of hydrogen-bond acceptors (Lipinski definition) is 4. The Bertz CT molecular complexity index is 698. The minimum Gasteiger partial charge on any atom is -0.492 e. The van der Waals surface area contributed by atoms with E-state index >= 15 is 0 Å². The molecule has 0 aliphatic carbocycles. The van der Waals surface area contributed by atoms with Crippen LogP contribution in [0.3, 0.4) is 0 Å². The number of urea groups is 1. The third kappa shape index (κ3) is 4.74. The maximum atomic E-state index is 12.1. The minimum atomic E-state index is -0.397.